The maximum Gasteiger partial charge on any atom is 0.270 e. The van der Waals surface area contributed by atoms with Gasteiger partial charge < -0.3 is 9.88 Å². The van der Waals surface area contributed by atoms with Gasteiger partial charge in [-0.05, 0) is 28.7 Å². The second-order valence-electron chi connectivity index (χ2n) is 9.02. The van der Waals surface area contributed by atoms with Crippen LogP contribution in [0.4, 0.5) is 5.69 Å². The van der Waals surface area contributed by atoms with E-state index in [0.29, 0.717) is 19.0 Å². The van der Waals surface area contributed by atoms with Crippen LogP contribution >= 0.6 is 0 Å². The predicted molar refractivity (Wildman–Crippen MR) is 135 cm³/mol. The zero-order chi connectivity index (χ0) is 24.1. The lowest BCUT2D eigenvalue weighted by Gasteiger charge is -2.18. The summed E-state index contributed by atoms with van der Waals surface area (Å²) in [5.74, 6) is 0.0985. The molecule has 0 saturated carbocycles. The van der Waals surface area contributed by atoms with Gasteiger partial charge >= 0.3 is 0 Å². The normalized spacial score (nSPS) is 12.1. The number of benzene rings is 3. The lowest BCUT2D eigenvalue weighted by molar-refractivity contribution is -0.384. The summed E-state index contributed by atoms with van der Waals surface area (Å²) in [5.41, 5.74) is 4.01. The van der Waals surface area contributed by atoms with E-state index < -0.39 is 0 Å². The van der Waals surface area contributed by atoms with Gasteiger partial charge in [0, 0.05) is 54.7 Å². The van der Waals surface area contributed by atoms with Crippen molar-refractivity contribution < 1.29 is 9.72 Å². The van der Waals surface area contributed by atoms with E-state index in [0.717, 1.165) is 27.6 Å². The monoisotopic (exact) mass is 455 g/mol. The molecule has 0 aliphatic rings. The summed E-state index contributed by atoms with van der Waals surface area (Å²) in [6, 6.07) is 25.0. The predicted octanol–water partition coefficient (Wildman–Crippen LogP) is 5.89. The molecule has 1 N–H and O–H groups in total. The topological polar surface area (TPSA) is 77.2 Å². The van der Waals surface area contributed by atoms with Crippen molar-refractivity contribution in [1.82, 2.24) is 9.88 Å². The van der Waals surface area contributed by atoms with Crippen LogP contribution in [0.2, 0.25) is 0 Å². The van der Waals surface area contributed by atoms with E-state index in [-0.39, 0.29) is 28.9 Å². The summed E-state index contributed by atoms with van der Waals surface area (Å²) in [6.07, 6.45) is 2.32. The molecule has 1 aromatic heterocycles. The maximum atomic E-state index is 12.9. The molecular formula is C28H29N3O3. The van der Waals surface area contributed by atoms with Gasteiger partial charge in [-0.3, -0.25) is 14.9 Å². The van der Waals surface area contributed by atoms with Gasteiger partial charge in [0.05, 0.1) is 4.92 Å². The fraction of sp³-hybridized carbons (Fsp3) is 0.250. The molecule has 1 amide bonds. The molecule has 4 rings (SSSR count). The summed E-state index contributed by atoms with van der Waals surface area (Å²) < 4.78 is 2.12. The Balaban J connectivity index is 1.82. The molecule has 0 aliphatic heterocycles. The Morgan fingerprint density at radius 1 is 1.00 bits per heavy atom. The number of amides is 1. The van der Waals surface area contributed by atoms with E-state index in [1.807, 2.05) is 48.5 Å². The van der Waals surface area contributed by atoms with Gasteiger partial charge in [-0.25, -0.2) is 0 Å². The van der Waals surface area contributed by atoms with Crippen molar-refractivity contribution in [2.75, 3.05) is 6.54 Å². The van der Waals surface area contributed by atoms with Gasteiger partial charge in [-0.1, -0.05) is 74.5 Å². The first-order valence-electron chi connectivity index (χ1n) is 11.5. The fourth-order valence-corrected chi connectivity index (χ4v) is 4.28. The minimum Gasteiger partial charge on any atom is -0.356 e. The smallest absolute Gasteiger partial charge is 0.270 e. The Labute approximate surface area is 199 Å². The van der Waals surface area contributed by atoms with Crippen LogP contribution in [0.5, 0.6) is 0 Å². The molecule has 6 heteroatoms. The average molecular weight is 456 g/mol. The number of hydrogen-bond donors (Lipinski definition) is 1. The van der Waals surface area contributed by atoms with E-state index in [4.69, 9.17) is 0 Å². The van der Waals surface area contributed by atoms with Crippen LogP contribution in [0.3, 0.4) is 0 Å². The molecule has 0 unspecified atom stereocenters. The molecule has 0 fully saturated rings. The molecule has 0 spiro atoms. The molecule has 4 aromatic rings. The first-order valence-corrected chi connectivity index (χ1v) is 11.5. The number of non-ortho nitro benzene ring substituents is 1. The molecule has 3 aromatic carbocycles. The molecule has 0 radical (unpaired) electrons. The summed E-state index contributed by atoms with van der Waals surface area (Å²) in [7, 11) is 0. The molecule has 6 nitrogen and oxygen atoms in total. The standard InChI is InChI=1S/C28H29N3O3/c1-20(2)17-29-28(32)16-24(22-11-7-4-8-12-22)26-19-30(18-21-9-5-3-6-10-21)27-14-13-23(31(33)34)15-25(26)27/h3-15,19-20,24H,16-18H2,1-2H3,(H,29,32)/t24-/m0/s1. The van der Waals surface area contributed by atoms with E-state index in [2.05, 4.69) is 42.1 Å². The van der Waals surface area contributed by atoms with Crippen molar-refractivity contribution in [3.63, 3.8) is 0 Å². The van der Waals surface area contributed by atoms with Gasteiger partial charge in [-0.2, -0.15) is 0 Å². The van der Waals surface area contributed by atoms with Crippen LogP contribution in [0.25, 0.3) is 10.9 Å². The highest BCUT2D eigenvalue weighted by molar-refractivity contribution is 5.88. The van der Waals surface area contributed by atoms with Crippen LogP contribution in [-0.4, -0.2) is 21.9 Å². The third-order valence-electron chi connectivity index (χ3n) is 5.98. The van der Waals surface area contributed by atoms with Crippen molar-refractivity contribution in [3.05, 3.63) is 112 Å². The van der Waals surface area contributed by atoms with Crippen molar-refractivity contribution >= 4 is 22.5 Å². The molecule has 1 heterocycles. The summed E-state index contributed by atoms with van der Waals surface area (Å²) in [5, 5.41) is 15.4. The molecule has 0 aliphatic carbocycles. The number of carbonyl (C=O) groups excluding carboxylic acids is 1. The Kier molecular flexibility index (Phi) is 7.07. The summed E-state index contributed by atoms with van der Waals surface area (Å²) >= 11 is 0. The number of aromatic nitrogens is 1. The van der Waals surface area contributed by atoms with Crippen LogP contribution in [0, 0.1) is 16.0 Å². The zero-order valence-corrected chi connectivity index (χ0v) is 19.5. The van der Waals surface area contributed by atoms with Gasteiger partial charge in [0.25, 0.3) is 5.69 Å². The van der Waals surface area contributed by atoms with Crippen molar-refractivity contribution in [2.45, 2.75) is 32.7 Å². The quantitative estimate of drug-likeness (QED) is 0.252. The second-order valence-corrected chi connectivity index (χ2v) is 9.02. The van der Waals surface area contributed by atoms with Crippen molar-refractivity contribution in [1.29, 1.82) is 0 Å². The summed E-state index contributed by atoms with van der Waals surface area (Å²) in [4.78, 5) is 24.1. The average Bonchev–Trinajstić information content (AvgIpc) is 3.19. The fourth-order valence-electron chi connectivity index (χ4n) is 4.28. The van der Waals surface area contributed by atoms with Crippen LogP contribution in [0.15, 0.2) is 85.1 Å². The van der Waals surface area contributed by atoms with Crippen LogP contribution in [0.1, 0.15) is 42.9 Å². The molecular weight excluding hydrogens is 426 g/mol. The highest BCUT2D eigenvalue weighted by atomic mass is 16.6. The Morgan fingerprint density at radius 2 is 1.68 bits per heavy atom. The van der Waals surface area contributed by atoms with Crippen molar-refractivity contribution in [2.24, 2.45) is 5.92 Å². The molecule has 1 atom stereocenters. The minimum atomic E-state index is -0.370. The number of nitrogens with zero attached hydrogens (tertiary/aromatic N) is 2. The number of fused-ring (bicyclic) bond motifs is 1. The number of nitro benzene ring substituents is 1. The highest BCUT2D eigenvalue weighted by Gasteiger charge is 2.24. The number of rotatable bonds is 9. The number of carbonyl (C=O) groups is 1. The minimum absolute atomic E-state index is 0.0306. The Bertz CT molecular complexity index is 1280. The molecule has 0 bridgehead atoms. The zero-order valence-electron chi connectivity index (χ0n) is 19.5. The van der Waals surface area contributed by atoms with Gasteiger partial charge in [0.1, 0.15) is 0 Å². The number of hydrogen-bond acceptors (Lipinski definition) is 3. The van der Waals surface area contributed by atoms with Crippen molar-refractivity contribution in [3.8, 4) is 0 Å². The number of nitro groups is 1. The second kappa shape index (κ2) is 10.3. The maximum absolute atomic E-state index is 12.9. The molecule has 0 saturated heterocycles. The van der Waals surface area contributed by atoms with E-state index in [1.54, 1.807) is 18.2 Å². The first-order chi connectivity index (χ1) is 16.4. The molecule has 174 valence electrons. The van der Waals surface area contributed by atoms with Gasteiger partial charge in [0.15, 0.2) is 0 Å². The van der Waals surface area contributed by atoms with Crippen LogP contribution in [-0.2, 0) is 11.3 Å². The van der Waals surface area contributed by atoms with Crippen LogP contribution < -0.4 is 5.32 Å². The lowest BCUT2D eigenvalue weighted by atomic mass is 9.88. The Morgan fingerprint density at radius 3 is 2.32 bits per heavy atom. The third kappa shape index (κ3) is 5.34. The summed E-state index contributed by atoms with van der Waals surface area (Å²) in [6.45, 7) is 5.37. The number of nitrogens with one attached hydrogen (secondary N) is 1. The molecule has 34 heavy (non-hydrogen) atoms. The van der Waals surface area contributed by atoms with E-state index >= 15 is 0 Å². The third-order valence-corrected chi connectivity index (χ3v) is 5.98. The van der Waals surface area contributed by atoms with Gasteiger partial charge in [-0.15, -0.1) is 0 Å². The van der Waals surface area contributed by atoms with Gasteiger partial charge in [0.2, 0.25) is 5.91 Å². The van der Waals surface area contributed by atoms with E-state index in [1.165, 1.54) is 0 Å². The highest BCUT2D eigenvalue weighted by Crippen LogP contribution is 2.36. The largest absolute Gasteiger partial charge is 0.356 e. The lowest BCUT2D eigenvalue weighted by Crippen LogP contribution is -2.28. The Hall–Kier alpha value is -3.93. The first kappa shape index (κ1) is 23.2. The SMILES string of the molecule is CC(C)CNC(=O)C[C@@H](c1ccccc1)c1cn(Cc2ccccc2)c2ccc([N+](=O)[O-])cc12. The van der Waals surface area contributed by atoms with E-state index in [9.17, 15) is 14.9 Å².